The van der Waals surface area contributed by atoms with Gasteiger partial charge in [0.2, 0.25) is 0 Å². The van der Waals surface area contributed by atoms with Crippen molar-refractivity contribution in [1.82, 2.24) is 5.32 Å². The van der Waals surface area contributed by atoms with Gasteiger partial charge in [-0.3, -0.25) is 0 Å². The van der Waals surface area contributed by atoms with Crippen LogP contribution in [0.4, 0.5) is 0 Å². The fourth-order valence-corrected chi connectivity index (χ4v) is 2.09. The van der Waals surface area contributed by atoms with E-state index in [1.807, 2.05) is 0 Å². The molecule has 88 valence electrons. The van der Waals surface area contributed by atoms with E-state index in [-0.39, 0.29) is 5.75 Å². The van der Waals surface area contributed by atoms with Crippen LogP contribution in [-0.4, -0.2) is 24.3 Å². The molecule has 4 heteroatoms. The Bertz CT molecular complexity index is 351. The van der Waals surface area contributed by atoms with Gasteiger partial charge in [0.05, 0.1) is 6.61 Å². The van der Waals surface area contributed by atoms with Gasteiger partial charge < -0.3 is 15.2 Å². The molecule has 1 aliphatic heterocycles. The zero-order valence-electron chi connectivity index (χ0n) is 9.08. The number of ether oxygens (including phenoxy) is 1. The molecule has 1 saturated heterocycles. The van der Waals surface area contributed by atoms with Gasteiger partial charge in [0, 0.05) is 17.1 Å². The van der Waals surface area contributed by atoms with E-state index >= 15 is 0 Å². The smallest absolute Gasteiger partial charge is 0.161 e. The predicted molar refractivity (Wildman–Crippen MR) is 64.3 cm³/mol. The Labute approximate surface area is 100 Å². The molecule has 3 nitrogen and oxygen atoms in total. The molecule has 0 aliphatic carbocycles. The largest absolute Gasteiger partial charge is 0.504 e. The lowest BCUT2D eigenvalue weighted by atomic mass is 10.2. The Kier molecular flexibility index (Phi) is 3.91. The van der Waals surface area contributed by atoms with E-state index in [0.29, 0.717) is 23.4 Å². The number of benzene rings is 1. The number of aromatic hydroxyl groups is 1. The highest BCUT2D eigenvalue weighted by Gasteiger charge is 2.13. The molecule has 1 atom stereocenters. The second-order valence-electron chi connectivity index (χ2n) is 4.04. The number of halogens is 1. The lowest BCUT2D eigenvalue weighted by Crippen LogP contribution is -2.23. The summed E-state index contributed by atoms with van der Waals surface area (Å²) in [7, 11) is 0. The van der Waals surface area contributed by atoms with Crippen LogP contribution < -0.4 is 10.1 Å². The average molecular weight is 242 g/mol. The third-order valence-corrected chi connectivity index (χ3v) is 3.04. The Morgan fingerprint density at radius 2 is 2.38 bits per heavy atom. The average Bonchev–Trinajstić information content (AvgIpc) is 2.74. The van der Waals surface area contributed by atoms with Crippen molar-refractivity contribution in [3.05, 3.63) is 23.2 Å². The second kappa shape index (κ2) is 5.41. The summed E-state index contributed by atoms with van der Waals surface area (Å²) in [5.41, 5.74) is 0. The molecule has 1 heterocycles. The molecule has 1 aromatic carbocycles. The van der Waals surface area contributed by atoms with Crippen LogP contribution in [0.1, 0.15) is 19.3 Å². The predicted octanol–water partition coefficient (Wildman–Crippen LogP) is 2.57. The molecule has 1 aromatic rings. The highest BCUT2D eigenvalue weighted by Crippen LogP contribution is 2.28. The third kappa shape index (κ3) is 3.03. The molecule has 2 rings (SSSR count). The van der Waals surface area contributed by atoms with Crippen LogP contribution >= 0.6 is 11.6 Å². The topological polar surface area (TPSA) is 41.5 Å². The van der Waals surface area contributed by atoms with Crippen molar-refractivity contribution in [2.24, 2.45) is 0 Å². The fourth-order valence-electron chi connectivity index (χ4n) is 1.93. The normalized spacial score (nSPS) is 19.9. The molecule has 0 saturated carbocycles. The van der Waals surface area contributed by atoms with Gasteiger partial charge in [-0.1, -0.05) is 11.6 Å². The first-order valence-electron chi connectivity index (χ1n) is 5.60. The maximum atomic E-state index is 9.56. The highest BCUT2D eigenvalue weighted by molar-refractivity contribution is 6.30. The van der Waals surface area contributed by atoms with Gasteiger partial charge in [0.1, 0.15) is 0 Å². The molecule has 0 radical (unpaired) electrons. The number of nitrogens with one attached hydrogen (secondary N) is 1. The van der Waals surface area contributed by atoms with Crippen LogP contribution in [0.2, 0.25) is 5.02 Å². The Hall–Kier alpha value is -0.930. The Morgan fingerprint density at radius 3 is 3.06 bits per heavy atom. The SMILES string of the molecule is Oc1cc(Cl)ccc1OCCC1CCCN1. The summed E-state index contributed by atoms with van der Waals surface area (Å²) in [5.74, 6) is 0.606. The van der Waals surface area contributed by atoms with Crippen LogP contribution in [0, 0.1) is 0 Å². The van der Waals surface area contributed by atoms with Crippen molar-refractivity contribution in [2.75, 3.05) is 13.2 Å². The van der Waals surface area contributed by atoms with Gasteiger partial charge in [-0.05, 0) is 37.9 Å². The van der Waals surface area contributed by atoms with E-state index in [0.717, 1.165) is 13.0 Å². The first-order valence-corrected chi connectivity index (χ1v) is 5.98. The van der Waals surface area contributed by atoms with Crippen molar-refractivity contribution < 1.29 is 9.84 Å². The Morgan fingerprint density at radius 1 is 1.50 bits per heavy atom. The zero-order chi connectivity index (χ0) is 11.4. The molecule has 0 amide bonds. The molecular weight excluding hydrogens is 226 g/mol. The number of hydrogen-bond donors (Lipinski definition) is 2. The van der Waals surface area contributed by atoms with Gasteiger partial charge in [-0.25, -0.2) is 0 Å². The second-order valence-corrected chi connectivity index (χ2v) is 4.48. The minimum atomic E-state index is 0.104. The van der Waals surface area contributed by atoms with Crippen molar-refractivity contribution in [3.8, 4) is 11.5 Å². The van der Waals surface area contributed by atoms with Gasteiger partial charge >= 0.3 is 0 Å². The van der Waals surface area contributed by atoms with Gasteiger partial charge in [-0.2, -0.15) is 0 Å². The van der Waals surface area contributed by atoms with Crippen molar-refractivity contribution in [3.63, 3.8) is 0 Å². The maximum absolute atomic E-state index is 9.56. The van der Waals surface area contributed by atoms with Crippen molar-refractivity contribution in [2.45, 2.75) is 25.3 Å². The monoisotopic (exact) mass is 241 g/mol. The van der Waals surface area contributed by atoms with E-state index in [1.165, 1.54) is 18.9 Å². The summed E-state index contributed by atoms with van der Waals surface area (Å²) < 4.78 is 5.51. The minimum absolute atomic E-state index is 0.104. The molecule has 16 heavy (non-hydrogen) atoms. The minimum Gasteiger partial charge on any atom is -0.504 e. The molecule has 1 unspecified atom stereocenters. The van der Waals surface area contributed by atoms with E-state index in [1.54, 1.807) is 12.1 Å². The standard InChI is InChI=1S/C12H16ClNO2/c13-9-3-4-12(11(15)8-9)16-7-5-10-2-1-6-14-10/h3-4,8,10,14-15H,1-2,5-7H2. The molecule has 0 aromatic heterocycles. The lowest BCUT2D eigenvalue weighted by Gasteiger charge is -2.12. The molecule has 0 bridgehead atoms. The first kappa shape index (κ1) is 11.6. The number of phenolic OH excluding ortho intramolecular Hbond substituents is 1. The van der Waals surface area contributed by atoms with E-state index in [2.05, 4.69) is 5.32 Å². The summed E-state index contributed by atoms with van der Waals surface area (Å²) >= 11 is 5.73. The number of hydrogen-bond acceptors (Lipinski definition) is 3. The van der Waals surface area contributed by atoms with E-state index in [4.69, 9.17) is 16.3 Å². The first-order chi connectivity index (χ1) is 7.75. The lowest BCUT2D eigenvalue weighted by molar-refractivity contribution is 0.278. The Balaban J connectivity index is 1.80. The fraction of sp³-hybridized carbons (Fsp3) is 0.500. The third-order valence-electron chi connectivity index (χ3n) is 2.81. The summed E-state index contributed by atoms with van der Waals surface area (Å²) in [6, 6.07) is 5.46. The van der Waals surface area contributed by atoms with E-state index in [9.17, 15) is 5.11 Å². The number of phenols is 1. The quantitative estimate of drug-likeness (QED) is 0.851. The van der Waals surface area contributed by atoms with Crippen molar-refractivity contribution >= 4 is 11.6 Å². The van der Waals surface area contributed by atoms with E-state index < -0.39 is 0 Å². The molecule has 2 N–H and O–H groups in total. The highest BCUT2D eigenvalue weighted by atomic mass is 35.5. The summed E-state index contributed by atoms with van der Waals surface area (Å²) in [4.78, 5) is 0. The molecular formula is C12H16ClNO2. The molecule has 1 aliphatic rings. The summed E-state index contributed by atoms with van der Waals surface area (Å²) in [5, 5.41) is 13.5. The van der Waals surface area contributed by atoms with Gasteiger partial charge in [-0.15, -0.1) is 0 Å². The van der Waals surface area contributed by atoms with Crippen molar-refractivity contribution in [1.29, 1.82) is 0 Å². The molecule has 1 fully saturated rings. The molecule has 0 spiro atoms. The summed E-state index contributed by atoms with van der Waals surface area (Å²) in [6.45, 7) is 1.73. The van der Waals surface area contributed by atoms with Crippen LogP contribution in [0.3, 0.4) is 0 Å². The van der Waals surface area contributed by atoms with Gasteiger partial charge in [0.25, 0.3) is 0 Å². The van der Waals surface area contributed by atoms with Crippen LogP contribution in [0.15, 0.2) is 18.2 Å². The maximum Gasteiger partial charge on any atom is 0.161 e. The van der Waals surface area contributed by atoms with Crippen LogP contribution in [0.25, 0.3) is 0 Å². The van der Waals surface area contributed by atoms with Crippen LogP contribution in [0.5, 0.6) is 11.5 Å². The zero-order valence-corrected chi connectivity index (χ0v) is 9.83. The van der Waals surface area contributed by atoms with Crippen LogP contribution in [-0.2, 0) is 0 Å². The van der Waals surface area contributed by atoms with Gasteiger partial charge in [0.15, 0.2) is 11.5 Å². The number of rotatable bonds is 4. The summed E-state index contributed by atoms with van der Waals surface area (Å²) in [6.07, 6.45) is 3.44.